The first-order valence-corrected chi connectivity index (χ1v) is 9.54. The average Bonchev–Trinajstić information content (AvgIpc) is 3.36. The molecule has 136 valence electrons. The van der Waals surface area contributed by atoms with E-state index in [1.807, 2.05) is 6.07 Å². The number of hydrogen-bond acceptors (Lipinski definition) is 7. The van der Waals surface area contributed by atoms with Crippen molar-refractivity contribution in [3.05, 3.63) is 74.8 Å². The Balaban J connectivity index is 1.88. The first-order valence-electron chi connectivity index (χ1n) is 7.87. The van der Waals surface area contributed by atoms with Gasteiger partial charge < -0.3 is 9.52 Å². The monoisotopic (exact) mass is 445 g/mol. The summed E-state index contributed by atoms with van der Waals surface area (Å²) in [6.45, 7) is 1.71. The molecular weight excluding hydrogens is 434 g/mol. The number of amides is 1. The molecule has 1 atom stereocenters. The highest BCUT2D eigenvalue weighted by Crippen LogP contribution is 2.42. The van der Waals surface area contributed by atoms with Crippen molar-refractivity contribution < 1.29 is 19.1 Å². The first kappa shape index (κ1) is 17.6. The highest BCUT2D eigenvalue weighted by Gasteiger charge is 2.46. The lowest BCUT2D eigenvalue weighted by atomic mass is 9.95. The molecule has 3 heterocycles. The lowest BCUT2D eigenvalue weighted by molar-refractivity contribution is -0.117. The first-order chi connectivity index (χ1) is 13.0. The number of halogens is 1. The van der Waals surface area contributed by atoms with Crippen molar-refractivity contribution in [3.8, 4) is 0 Å². The normalized spacial score (nSPS) is 17.0. The number of carbonyl (C=O) groups excluding carboxylic acids is 2. The zero-order chi connectivity index (χ0) is 19.1. The van der Waals surface area contributed by atoms with Crippen LogP contribution in [0.4, 0.5) is 5.13 Å². The molecule has 1 aliphatic heterocycles. The lowest BCUT2D eigenvalue weighted by Gasteiger charge is -2.24. The summed E-state index contributed by atoms with van der Waals surface area (Å²) in [7, 11) is 0. The Kier molecular flexibility index (Phi) is 4.40. The van der Waals surface area contributed by atoms with Crippen LogP contribution in [-0.2, 0) is 4.79 Å². The number of carbonyl (C=O) groups is 2. The number of rotatable bonds is 4. The number of aryl methyl sites for hydroxylation is 1. The second kappa shape index (κ2) is 6.75. The second-order valence-electron chi connectivity index (χ2n) is 5.86. The van der Waals surface area contributed by atoms with E-state index in [0.29, 0.717) is 11.3 Å². The predicted molar refractivity (Wildman–Crippen MR) is 102 cm³/mol. The number of nitrogens with zero attached hydrogens (tertiary/aromatic N) is 3. The quantitative estimate of drug-likeness (QED) is 0.609. The van der Waals surface area contributed by atoms with Gasteiger partial charge in [-0.05, 0) is 36.8 Å². The summed E-state index contributed by atoms with van der Waals surface area (Å²) in [5, 5.41) is 18.5. The van der Waals surface area contributed by atoms with Gasteiger partial charge in [-0.15, -0.1) is 10.2 Å². The van der Waals surface area contributed by atoms with Gasteiger partial charge in [0, 0.05) is 4.47 Å². The SMILES string of the molecule is Cc1ccc(C(=O)C2=C(O)C(=O)N(c3nncs3)C2c2cccc(Br)c2)o1. The molecule has 0 saturated heterocycles. The Morgan fingerprint density at radius 1 is 1.33 bits per heavy atom. The van der Waals surface area contributed by atoms with Gasteiger partial charge in [0.2, 0.25) is 10.9 Å². The molecule has 1 aliphatic rings. The smallest absolute Gasteiger partial charge is 0.296 e. The molecule has 0 spiro atoms. The standard InChI is InChI=1S/C18H12BrN3O4S/c1-9-5-6-12(26-9)15(23)13-14(10-3-2-4-11(19)7-10)22(17(25)16(13)24)18-21-20-8-27-18/h2-8,14,24H,1H3. The zero-order valence-electron chi connectivity index (χ0n) is 13.9. The van der Waals surface area contributed by atoms with Gasteiger partial charge in [-0.1, -0.05) is 39.4 Å². The maximum Gasteiger partial charge on any atom is 0.296 e. The van der Waals surface area contributed by atoms with Crippen LogP contribution in [0.3, 0.4) is 0 Å². The number of benzene rings is 1. The molecule has 2 aromatic heterocycles. The van der Waals surface area contributed by atoms with Gasteiger partial charge in [0.1, 0.15) is 11.3 Å². The van der Waals surface area contributed by atoms with Crippen LogP contribution in [0.1, 0.15) is 27.9 Å². The van der Waals surface area contributed by atoms with Crippen molar-refractivity contribution in [2.75, 3.05) is 4.90 Å². The largest absolute Gasteiger partial charge is 0.503 e. The van der Waals surface area contributed by atoms with Crippen molar-refractivity contribution in [1.82, 2.24) is 10.2 Å². The average molecular weight is 446 g/mol. The fourth-order valence-electron chi connectivity index (χ4n) is 2.99. The van der Waals surface area contributed by atoms with Crippen LogP contribution < -0.4 is 4.90 Å². The summed E-state index contributed by atoms with van der Waals surface area (Å²) < 4.78 is 6.19. The van der Waals surface area contributed by atoms with Gasteiger partial charge in [-0.25, -0.2) is 0 Å². The molecule has 1 aromatic carbocycles. The predicted octanol–water partition coefficient (Wildman–Crippen LogP) is 3.98. The van der Waals surface area contributed by atoms with Crippen molar-refractivity contribution in [3.63, 3.8) is 0 Å². The van der Waals surface area contributed by atoms with Crippen molar-refractivity contribution >= 4 is 44.1 Å². The van der Waals surface area contributed by atoms with E-state index in [2.05, 4.69) is 26.1 Å². The highest BCUT2D eigenvalue weighted by molar-refractivity contribution is 9.10. The van der Waals surface area contributed by atoms with Crippen LogP contribution in [0.15, 0.2) is 62.1 Å². The van der Waals surface area contributed by atoms with E-state index in [-0.39, 0.29) is 16.5 Å². The number of aromatic nitrogens is 2. The Bertz CT molecular complexity index is 1070. The molecule has 4 rings (SSSR count). The summed E-state index contributed by atoms with van der Waals surface area (Å²) in [6.07, 6.45) is 0. The van der Waals surface area contributed by atoms with Crippen LogP contribution >= 0.6 is 27.3 Å². The molecule has 1 unspecified atom stereocenters. The van der Waals surface area contributed by atoms with E-state index in [9.17, 15) is 14.7 Å². The van der Waals surface area contributed by atoms with Gasteiger partial charge in [-0.3, -0.25) is 14.5 Å². The molecule has 3 aromatic rings. The molecule has 1 amide bonds. The molecule has 1 N–H and O–H groups in total. The van der Waals surface area contributed by atoms with Gasteiger partial charge in [0.05, 0.1) is 11.6 Å². The fraction of sp³-hybridized carbons (Fsp3) is 0.111. The van der Waals surface area contributed by atoms with Crippen LogP contribution in [-0.4, -0.2) is 27.0 Å². The van der Waals surface area contributed by atoms with E-state index in [0.717, 1.165) is 15.8 Å². The van der Waals surface area contributed by atoms with E-state index in [1.54, 1.807) is 31.2 Å². The number of anilines is 1. The van der Waals surface area contributed by atoms with E-state index in [4.69, 9.17) is 4.42 Å². The Morgan fingerprint density at radius 3 is 2.78 bits per heavy atom. The molecule has 27 heavy (non-hydrogen) atoms. The van der Waals surface area contributed by atoms with Crippen molar-refractivity contribution in [2.24, 2.45) is 0 Å². The van der Waals surface area contributed by atoms with E-state index >= 15 is 0 Å². The Hall–Kier alpha value is -2.78. The van der Waals surface area contributed by atoms with Crippen LogP contribution in [0.5, 0.6) is 0 Å². The van der Waals surface area contributed by atoms with Gasteiger partial charge in [0.25, 0.3) is 5.91 Å². The minimum Gasteiger partial charge on any atom is -0.503 e. The highest BCUT2D eigenvalue weighted by atomic mass is 79.9. The minimum atomic E-state index is -0.846. The van der Waals surface area contributed by atoms with Gasteiger partial charge in [-0.2, -0.15) is 0 Å². The molecule has 0 radical (unpaired) electrons. The van der Waals surface area contributed by atoms with E-state index in [1.165, 1.54) is 16.5 Å². The van der Waals surface area contributed by atoms with Gasteiger partial charge in [0.15, 0.2) is 11.5 Å². The maximum atomic E-state index is 13.1. The summed E-state index contributed by atoms with van der Waals surface area (Å²) in [5.41, 5.74) is 2.07. The van der Waals surface area contributed by atoms with Crippen LogP contribution in [0.2, 0.25) is 0 Å². The Labute approximate surface area is 166 Å². The van der Waals surface area contributed by atoms with Crippen molar-refractivity contribution in [2.45, 2.75) is 13.0 Å². The van der Waals surface area contributed by atoms with Gasteiger partial charge >= 0.3 is 0 Å². The maximum absolute atomic E-state index is 13.1. The molecular formula is C18H12BrN3O4S. The number of furan rings is 1. The summed E-state index contributed by atoms with van der Waals surface area (Å²) in [4.78, 5) is 27.1. The zero-order valence-corrected chi connectivity index (χ0v) is 16.3. The third-order valence-corrected chi connectivity index (χ3v) is 5.32. The lowest BCUT2D eigenvalue weighted by Crippen LogP contribution is -2.31. The van der Waals surface area contributed by atoms with E-state index < -0.39 is 23.5 Å². The van der Waals surface area contributed by atoms with Crippen molar-refractivity contribution in [1.29, 1.82) is 0 Å². The topological polar surface area (TPSA) is 96.5 Å². The number of hydrogen-bond donors (Lipinski definition) is 1. The molecule has 9 heteroatoms. The molecule has 0 fully saturated rings. The van der Waals surface area contributed by atoms with Crippen LogP contribution in [0, 0.1) is 6.92 Å². The summed E-state index contributed by atoms with van der Waals surface area (Å²) in [6, 6.07) is 9.50. The molecule has 0 bridgehead atoms. The number of aliphatic hydroxyl groups is 1. The summed E-state index contributed by atoms with van der Waals surface area (Å²) in [5.74, 6) is -1.26. The third kappa shape index (κ3) is 2.98. The number of aliphatic hydroxyl groups excluding tert-OH is 1. The summed E-state index contributed by atoms with van der Waals surface area (Å²) >= 11 is 4.54. The second-order valence-corrected chi connectivity index (χ2v) is 7.58. The Morgan fingerprint density at radius 2 is 2.15 bits per heavy atom. The molecule has 0 aliphatic carbocycles. The molecule has 0 saturated carbocycles. The van der Waals surface area contributed by atoms with Crippen LogP contribution in [0.25, 0.3) is 0 Å². The fourth-order valence-corrected chi connectivity index (χ4v) is 3.99. The molecule has 7 nitrogen and oxygen atoms in total. The number of Topliss-reactive ketones (excluding diaryl/α,β-unsaturated/α-hetero) is 1. The minimum absolute atomic E-state index is 0.0531. The number of ketones is 1. The third-order valence-electron chi connectivity index (χ3n) is 4.14.